The van der Waals surface area contributed by atoms with E-state index in [1.54, 1.807) is 0 Å². The Hall–Kier alpha value is -0.340. The average molecular weight is 152 g/mol. The molecular formula is C4H9O4P. The summed E-state index contributed by atoms with van der Waals surface area (Å²) in [6.45, 7) is 2.46. The van der Waals surface area contributed by atoms with Crippen LogP contribution in [0.3, 0.4) is 0 Å². The van der Waals surface area contributed by atoms with Crippen LogP contribution in [0.1, 0.15) is 0 Å². The number of hydrogen-bond acceptors (Lipinski definition) is 3. The SMILES string of the molecule is CP(C)(=O)C(O)C(=O)O. The van der Waals surface area contributed by atoms with Gasteiger partial charge in [0.05, 0.1) is 0 Å². The Morgan fingerprint density at radius 2 is 1.89 bits per heavy atom. The van der Waals surface area contributed by atoms with Crippen LogP contribution in [0.25, 0.3) is 0 Å². The minimum absolute atomic E-state index is 1.23. The van der Waals surface area contributed by atoms with E-state index in [9.17, 15) is 9.36 Å². The van der Waals surface area contributed by atoms with Gasteiger partial charge in [-0.25, -0.2) is 4.79 Å². The predicted molar refractivity (Wildman–Crippen MR) is 33.1 cm³/mol. The normalized spacial score (nSPS) is 15.0. The largest absolute Gasteiger partial charge is 0.479 e. The van der Waals surface area contributed by atoms with Crippen LogP contribution in [0, 0.1) is 0 Å². The second-order valence-corrected chi connectivity index (χ2v) is 5.50. The first-order valence-corrected chi connectivity index (χ1v) is 4.98. The molecule has 0 bridgehead atoms. The van der Waals surface area contributed by atoms with E-state index in [-0.39, 0.29) is 0 Å². The molecule has 5 heteroatoms. The van der Waals surface area contributed by atoms with Gasteiger partial charge in [0.2, 0.25) is 5.85 Å². The van der Waals surface area contributed by atoms with Gasteiger partial charge in [-0.1, -0.05) is 0 Å². The van der Waals surface area contributed by atoms with Gasteiger partial charge < -0.3 is 14.8 Å². The summed E-state index contributed by atoms with van der Waals surface area (Å²) >= 11 is 0. The predicted octanol–water partition coefficient (Wildman–Crippen LogP) is 0.0121. The zero-order valence-electron chi connectivity index (χ0n) is 5.24. The van der Waals surface area contributed by atoms with Crippen LogP contribution in [0.5, 0.6) is 0 Å². The average Bonchev–Trinajstić information content (AvgIpc) is 1.62. The molecule has 0 amide bonds. The minimum Gasteiger partial charge on any atom is -0.479 e. The Balaban J connectivity index is 4.23. The van der Waals surface area contributed by atoms with Crippen LogP contribution in [0.2, 0.25) is 0 Å². The van der Waals surface area contributed by atoms with Crippen molar-refractivity contribution in [3.63, 3.8) is 0 Å². The first-order chi connectivity index (χ1) is 3.85. The highest BCUT2D eigenvalue weighted by atomic mass is 31.2. The van der Waals surface area contributed by atoms with E-state index in [0.29, 0.717) is 0 Å². The van der Waals surface area contributed by atoms with E-state index < -0.39 is 19.0 Å². The molecule has 0 saturated carbocycles. The van der Waals surface area contributed by atoms with E-state index in [4.69, 9.17) is 10.2 Å². The summed E-state index contributed by atoms with van der Waals surface area (Å²) in [7, 11) is -2.86. The molecule has 0 heterocycles. The second-order valence-electron chi connectivity index (χ2n) is 2.15. The fraction of sp³-hybridized carbons (Fsp3) is 0.750. The van der Waals surface area contributed by atoms with Gasteiger partial charge in [0.15, 0.2) is 0 Å². The summed E-state index contributed by atoms with van der Waals surface area (Å²) in [6.07, 6.45) is 0. The Bertz CT molecular complexity index is 158. The van der Waals surface area contributed by atoms with Crippen LogP contribution in [0.4, 0.5) is 0 Å². The van der Waals surface area contributed by atoms with E-state index in [2.05, 4.69) is 0 Å². The van der Waals surface area contributed by atoms with Crippen LogP contribution < -0.4 is 0 Å². The van der Waals surface area contributed by atoms with Gasteiger partial charge in [-0.2, -0.15) is 0 Å². The zero-order chi connectivity index (χ0) is 7.65. The van der Waals surface area contributed by atoms with Crippen molar-refractivity contribution in [1.82, 2.24) is 0 Å². The molecule has 0 spiro atoms. The molecule has 0 aromatic rings. The van der Waals surface area contributed by atoms with Crippen molar-refractivity contribution < 1.29 is 19.6 Å². The molecule has 9 heavy (non-hydrogen) atoms. The molecular weight excluding hydrogens is 143 g/mol. The molecule has 0 aromatic carbocycles. The van der Waals surface area contributed by atoms with Crippen molar-refractivity contribution in [2.24, 2.45) is 0 Å². The van der Waals surface area contributed by atoms with E-state index in [1.807, 2.05) is 0 Å². The number of rotatable bonds is 2. The molecule has 0 rings (SSSR count). The van der Waals surface area contributed by atoms with Crippen LogP contribution in [-0.2, 0) is 9.36 Å². The number of aliphatic carboxylic acids is 1. The monoisotopic (exact) mass is 152 g/mol. The van der Waals surface area contributed by atoms with Crippen molar-refractivity contribution in [3.05, 3.63) is 0 Å². The molecule has 0 radical (unpaired) electrons. The summed E-state index contributed by atoms with van der Waals surface area (Å²) in [4.78, 5) is 9.92. The summed E-state index contributed by atoms with van der Waals surface area (Å²) < 4.78 is 10.7. The quantitative estimate of drug-likeness (QED) is 0.546. The number of aliphatic hydroxyl groups excluding tert-OH is 1. The van der Waals surface area contributed by atoms with E-state index >= 15 is 0 Å². The molecule has 0 aliphatic heterocycles. The molecule has 0 saturated heterocycles. The standard InChI is InChI=1S/C4H9O4P/c1-9(2,8)4(7)3(5)6/h4,7H,1-2H3,(H,5,6). The smallest absolute Gasteiger partial charge is 0.340 e. The lowest BCUT2D eigenvalue weighted by molar-refractivity contribution is -0.142. The first-order valence-electron chi connectivity index (χ1n) is 2.31. The van der Waals surface area contributed by atoms with Gasteiger partial charge >= 0.3 is 5.97 Å². The van der Waals surface area contributed by atoms with Gasteiger partial charge in [0.1, 0.15) is 7.14 Å². The molecule has 4 nitrogen and oxygen atoms in total. The molecule has 54 valence electrons. The summed E-state index contributed by atoms with van der Waals surface area (Å²) in [6, 6.07) is 0. The first kappa shape index (κ1) is 8.66. The third kappa shape index (κ3) is 2.63. The third-order valence-corrected chi connectivity index (χ3v) is 2.21. The number of carbonyl (C=O) groups is 1. The summed E-state index contributed by atoms with van der Waals surface area (Å²) in [5.74, 6) is -3.14. The fourth-order valence-corrected chi connectivity index (χ4v) is 0.798. The molecule has 1 atom stereocenters. The zero-order valence-corrected chi connectivity index (χ0v) is 6.13. The van der Waals surface area contributed by atoms with Crippen molar-refractivity contribution >= 4 is 13.1 Å². The minimum atomic E-state index is -2.86. The van der Waals surface area contributed by atoms with Crippen LogP contribution >= 0.6 is 7.14 Å². The maximum atomic E-state index is 10.7. The molecule has 0 aliphatic rings. The Labute approximate surface area is 52.9 Å². The van der Waals surface area contributed by atoms with Crippen molar-refractivity contribution in [2.45, 2.75) is 5.85 Å². The number of aliphatic hydroxyl groups is 1. The second kappa shape index (κ2) is 2.50. The van der Waals surface area contributed by atoms with Crippen molar-refractivity contribution in [2.75, 3.05) is 13.3 Å². The topological polar surface area (TPSA) is 74.6 Å². The van der Waals surface area contributed by atoms with Gasteiger partial charge in [-0.05, 0) is 13.3 Å². The Kier molecular flexibility index (Phi) is 2.40. The highest BCUT2D eigenvalue weighted by molar-refractivity contribution is 7.63. The maximum absolute atomic E-state index is 10.7. The molecule has 0 aromatic heterocycles. The van der Waals surface area contributed by atoms with Gasteiger partial charge in [-0.3, -0.25) is 0 Å². The van der Waals surface area contributed by atoms with Gasteiger partial charge in [0, 0.05) is 0 Å². The maximum Gasteiger partial charge on any atom is 0.340 e. The molecule has 1 unspecified atom stereocenters. The highest BCUT2D eigenvalue weighted by Gasteiger charge is 2.26. The lowest BCUT2D eigenvalue weighted by Crippen LogP contribution is -2.18. The number of carboxylic acid groups (broad SMARTS) is 1. The molecule has 0 aliphatic carbocycles. The molecule has 0 fully saturated rings. The number of carboxylic acids is 1. The van der Waals surface area contributed by atoms with E-state index in [0.717, 1.165) is 0 Å². The highest BCUT2D eigenvalue weighted by Crippen LogP contribution is 2.40. The van der Waals surface area contributed by atoms with Gasteiger partial charge in [-0.15, -0.1) is 0 Å². The van der Waals surface area contributed by atoms with Crippen molar-refractivity contribution in [3.8, 4) is 0 Å². The third-order valence-electron chi connectivity index (χ3n) is 0.810. The van der Waals surface area contributed by atoms with Crippen molar-refractivity contribution in [1.29, 1.82) is 0 Å². The van der Waals surface area contributed by atoms with Crippen LogP contribution in [0.15, 0.2) is 0 Å². The lowest BCUT2D eigenvalue weighted by atomic mass is 10.7. The van der Waals surface area contributed by atoms with E-state index in [1.165, 1.54) is 13.3 Å². The Morgan fingerprint density at radius 1 is 1.56 bits per heavy atom. The lowest BCUT2D eigenvalue weighted by Gasteiger charge is -2.08. The van der Waals surface area contributed by atoms with Crippen LogP contribution in [-0.4, -0.2) is 35.4 Å². The number of hydrogen-bond donors (Lipinski definition) is 2. The summed E-state index contributed by atoms with van der Waals surface area (Å²) in [5, 5.41) is 16.7. The summed E-state index contributed by atoms with van der Waals surface area (Å²) in [5.41, 5.74) is 0. The Morgan fingerprint density at radius 3 is 1.89 bits per heavy atom. The molecule has 2 N–H and O–H groups in total. The fourth-order valence-electron chi connectivity index (χ4n) is 0.266. The van der Waals surface area contributed by atoms with Gasteiger partial charge in [0.25, 0.3) is 0 Å².